The van der Waals surface area contributed by atoms with Crippen molar-refractivity contribution in [3.05, 3.63) is 181 Å². The minimum absolute atomic E-state index is 0.0127. The quantitative estimate of drug-likeness (QED) is 0.161. The van der Waals surface area contributed by atoms with Crippen LogP contribution in [-0.4, -0.2) is 16.2 Å². The number of hydrogen-bond donors (Lipinski definition) is 0. The first-order chi connectivity index (χ1) is 28.4. The third-order valence-electron chi connectivity index (χ3n) is 11.7. The Kier molecular flexibility index (Phi) is 8.12. The van der Waals surface area contributed by atoms with Crippen molar-refractivity contribution in [2.45, 2.75) is 42.8 Å². The SMILES string of the molecule is CC(C)(C)c1ccnc(-n2c3c4c5c(cc(Oc6cccc(N7CN(c8c(-c9ccccc9)cccc8-c8ccccc8)c8ccccc87)c6)cc52)SC4CC=C3)c1. The summed E-state index contributed by atoms with van der Waals surface area (Å²) in [6.07, 6.45) is 7.58. The third-order valence-corrected chi connectivity index (χ3v) is 13.0. The van der Waals surface area contributed by atoms with E-state index < -0.39 is 0 Å². The van der Waals surface area contributed by atoms with Gasteiger partial charge in [-0.05, 0) is 77.1 Å². The predicted octanol–water partition coefficient (Wildman–Crippen LogP) is 14.3. The Hall–Kier alpha value is -6.50. The summed E-state index contributed by atoms with van der Waals surface area (Å²) < 4.78 is 9.21. The van der Waals surface area contributed by atoms with Crippen LogP contribution >= 0.6 is 11.8 Å². The van der Waals surface area contributed by atoms with Crippen LogP contribution in [0.1, 0.15) is 49.3 Å². The van der Waals surface area contributed by atoms with Gasteiger partial charge in [0.15, 0.2) is 0 Å². The first-order valence-electron chi connectivity index (χ1n) is 20.1. The fourth-order valence-electron chi connectivity index (χ4n) is 8.99. The van der Waals surface area contributed by atoms with Crippen molar-refractivity contribution in [2.24, 2.45) is 0 Å². The third kappa shape index (κ3) is 5.73. The highest BCUT2D eigenvalue weighted by atomic mass is 32.2. The van der Waals surface area contributed by atoms with Crippen molar-refractivity contribution >= 4 is 51.5 Å². The largest absolute Gasteiger partial charge is 0.457 e. The van der Waals surface area contributed by atoms with Gasteiger partial charge < -0.3 is 14.5 Å². The fourth-order valence-corrected chi connectivity index (χ4v) is 10.4. The lowest BCUT2D eigenvalue weighted by Gasteiger charge is -2.27. The summed E-state index contributed by atoms with van der Waals surface area (Å²) in [6, 6.07) is 54.3. The normalized spacial score (nSPS) is 15.3. The summed E-state index contributed by atoms with van der Waals surface area (Å²) in [5.41, 5.74) is 14.4. The van der Waals surface area contributed by atoms with Crippen LogP contribution in [-0.2, 0) is 5.41 Å². The van der Waals surface area contributed by atoms with E-state index in [4.69, 9.17) is 9.72 Å². The van der Waals surface area contributed by atoms with Crippen molar-refractivity contribution in [1.29, 1.82) is 0 Å². The molecule has 2 aromatic heterocycles. The van der Waals surface area contributed by atoms with Crippen LogP contribution in [0.2, 0.25) is 0 Å². The van der Waals surface area contributed by atoms with Gasteiger partial charge in [-0.3, -0.25) is 4.57 Å². The number of fused-ring (bicyclic) bond motifs is 1. The molecule has 0 N–H and O–H groups in total. The van der Waals surface area contributed by atoms with Crippen molar-refractivity contribution in [1.82, 2.24) is 9.55 Å². The maximum absolute atomic E-state index is 6.87. The van der Waals surface area contributed by atoms with Gasteiger partial charge in [0.1, 0.15) is 24.0 Å². The summed E-state index contributed by atoms with van der Waals surface area (Å²) in [5, 5.41) is 1.73. The highest BCUT2D eigenvalue weighted by Crippen LogP contribution is 2.57. The van der Waals surface area contributed by atoms with Gasteiger partial charge in [0.05, 0.1) is 28.3 Å². The average Bonchev–Trinajstić information content (AvgIpc) is 3.94. The van der Waals surface area contributed by atoms with Crippen molar-refractivity contribution < 1.29 is 4.74 Å². The standard InChI is InChI=1S/C52H42N4OS/c1-52(2,3)36-27-28-53-48(29-36)56-44-25-14-26-46-49(44)50-45(56)31-39(32-47(50)58-46)57-38-20-12-19-37(30-38)54-33-55(43-24-11-10-23-42(43)54)51-40(34-15-6-4-7-16-34)21-13-22-41(51)35-17-8-5-9-18-35/h4-25,27-32,46H,26,33H2,1-3H3. The highest BCUT2D eigenvalue weighted by Gasteiger charge is 2.35. The minimum atomic E-state index is 0.0127. The summed E-state index contributed by atoms with van der Waals surface area (Å²) in [7, 11) is 0. The Balaban J connectivity index is 0.983. The van der Waals surface area contributed by atoms with E-state index in [1.807, 2.05) is 18.0 Å². The van der Waals surface area contributed by atoms with E-state index in [1.165, 1.54) is 60.7 Å². The Labute approximate surface area is 343 Å². The van der Waals surface area contributed by atoms with Crippen LogP contribution in [0.15, 0.2) is 169 Å². The molecule has 282 valence electrons. The second-order valence-corrected chi connectivity index (χ2v) is 17.6. The number of ether oxygens (including phenoxy) is 1. The maximum atomic E-state index is 6.87. The maximum Gasteiger partial charge on any atom is 0.137 e. The van der Waals surface area contributed by atoms with Crippen LogP contribution in [0.3, 0.4) is 0 Å². The molecule has 5 nitrogen and oxygen atoms in total. The first kappa shape index (κ1) is 34.7. The number of rotatable bonds is 7. The zero-order valence-corrected chi connectivity index (χ0v) is 33.6. The summed E-state index contributed by atoms with van der Waals surface area (Å²) in [6.45, 7) is 7.42. The number of anilines is 4. The molecule has 0 fully saturated rings. The Bertz CT molecular complexity index is 2850. The second-order valence-electron chi connectivity index (χ2n) is 16.4. The molecule has 0 spiro atoms. The van der Waals surface area contributed by atoms with Crippen LogP contribution in [0.4, 0.5) is 22.7 Å². The molecule has 4 heterocycles. The molecule has 6 aromatic carbocycles. The van der Waals surface area contributed by atoms with E-state index in [-0.39, 0.29) is 5.41 Å². The van der Waals surface area contributed by atoms with Crippen LogP contribution in [0.25, 0.3) is 45.1 Å². The van der Waals surface area contributed by atoms with Gasteiger partial charge in [0.25, 0.3) is 0 Å². The number of allylic oxidation sites excluding steroid dienone is 1. The molecule has 1 atom stereocenters. The number of aromatic nitrogens is 2. The molecule has 58 heavy (non-hydrogen) atoms. The number of pyridine rings is 1. The average molecular weight is 771 g/mol. The fraction of sp³-hybridized carbons (Fsp3) is 0.135. The number of benzene rings is 6. The van der Waals surface area contributed by atoms with Gasteiger partial charge in [0, 0.05) is 56.2 Å². The smallest absolute Gasteiger partial charge is 0.137 e. The number of para-hydroxylation sites is 3. The molecule has 1 unspecified atom stereocenters. The number of thioether (sulfide) groups is 1. The molecule has 0 saturated carbocycles. The van der Waals surface area contributed by atoms with Crippen molar-refractivity contribution in [3.8, 4) is 39.6 Å². The first-order valence-corrected chi connectivity index (χ1v) is 21.0. The van der Waals surface area contributed by atoms with Gasteiger partial charge in [-0.1, -0.05) is 124 Å². The molecule has 0 bridgehead atoms. The van der Waals surface area contributed by atoms with Gasteiger partial charge in [-0.25, -0.2) is 4.98 Å². The highest BCUT2D eigenvalue weighted by molar-refractivity contribution is 8.00. The molecule has 0 radical (unpaired) electrons. The lowest BCUT2D eigenvalue weighted by molar-refractivity contribution is 0.482. The molecule has 11 rings (SSSR count). The molecular weight excluding hydrogens is 729 g/mol. The van der Waals surface area contributed by atoms with E-state index >= 15 is 0 Å². The lowest BCUT2D eigenvalue weighted by Crippen LogP contribution is -2.24. The minimum Gasteiger partial charge on any atom is -0.457 e. The van der Waals surface area contributed by atoms with Gasteiger partial charge >= 0.3 is 0 Å². The summed E-state index contributed by atoms with van der Waals surface area (Å²) in [4.78, 5) is 11.1. The molecule has 0 saturated heterocycles. The monoisotopic (exact) mass is 770 g/mol. The Morgan fingerprint density at radius 2 is 1.36 bits per heavy atom. The van der Waals surface area contributed by atoms with Crippen molar-refractivity contribution in [3.63, 3.8) is 0 Å². The lowest BCUT2D eigenvalue weighted by atomic mass is 9.88. The van der Waals surface area contributed by atoms with E-state index in [9.17, 15) is 0 Å². The van der Waals surface area contributed by atoms with Crippen LogP contribution in [0.5, 0.6) is 11.5 Å². The Morgan fingerprint density at radius 1 is 0.672 bits per heavy atom. The van der Waals surface area contributed by atoms with Gasteiger partial charge in [0.2, 0.25) is 0 Å². The Morgan fingerprint density at radius 3 is 2.09 bits per heavy atom. The molecule has 0 amide bonds. The van der Waals surface area contributed by atoms with Gasteiger partial charge in [-0.15, -0.1) is 11.8 Å². The zero-order valence-electron chi connectivity index (χ0n) is 32.8. The summed E-state index contributed by atoms with van der Waals surface area (Å²) >= 11 is 1.96. The van der Waals surface area contributed by atoms with E-state index in [0.717, 1.165) is 40.6 Å². The molecule has 2 aliphatic heterocycles. The van der Waals surface area contributed by atoms with E-state index in [2.05, 4.69) is 199 Å². The number of hydrogen-bond acceptors (Lipinski definition) is 5. The topological polar surface area (TPSA) is 33.5 Å². The van der Waals surface area contributed by atoms with Crippen LogP contribution < -0.4 is 14.5 Å². The predicted molar refractivity (Wildman–Crippen MR) is 241 cm³/mol. The molecule has 3 aliphatic rings. The molecule has 6 heteroatoms. The molecule has 1 aliphatic carbocycles. The van der Waals surface area contributed by atoms with Gasteiger partial charge in [-0.2, -0.15) is 0 Å². The van der Waals surface area contributed by atoms with Crippen molar-refractivity contribution in [2.75, 3.05) is 16.5 Å². The molecule has 8 aromatic rings. The van der Waals surface area contributed by atoms with Crippen LogP contribution in [0, 0.1) is 0 Å². The number of nitrogens with zero attached hydrogens (tertiary/aromatic N) is 4. The van der Waals surface area contributed by atoms with E-state index in [1.54, 1.807) is 0 Å². The second kappa shape index (κ2) is 13.6. The zero-order chi connectivity index (χ0) is 39.0. The van der Waals surface area contributed by atoms with E-state index in [0.29, 0.717) is 11.9 Å². The molecular formula is C52H42N4OS. The summed E-state index contributed by atoms with van der Waals surface area (Å²) in [5.74, 6) is 2.57.